The van der Waals surface area contributed by atoms with Gasteiger partial charge in [-0.25, -0.2) is 0 Å². The fourth-order valence-electron chi connectivity index (χ4n) is 3.89. The van der Waals surface area contributed by atoms with Crippen molar-refractivity contribution in [3.63, 3.8) is 0 Å². The SMILES string of the molecule is Cc1cccc(N2CCN(C(=O)CN3C(=O)c4ccccc4C3=O)CC2)c1C. The number of fused-ring (bicyclic) bond motifs is 1. The van der Waals surface area contributed by atoms with Crippen molar-refractivity contribution in [3.8, 4) is 0 Å². The Labute approximate surface area is 164 Å². The predicted octanol–water partition coefficient (Wildman–Crippen LogP) is 2.25. The van der Waals surface area contributed by atoms with E-state index in [1.807, 2.05) is 0 Å². The summed E-state index contributed by atoms with van der Waals surface area (Å²) in [4.78, 5) is 42.7. The normalized spacial score (nSPS) is 16.6. The molecule has 2 aromatic carbocycles. The van der Waals surface area contributed by atoms with Gasteiger partial charge in [-0.05, 0) is 43.2 Å². The molecule has 0 spiro atoms. The standard InChI is InChI=1S/C22H23N3O3/c1-15-6-5-9-19(16(15)2)23-10-12-24(13-11-23)20(26)14-25-21(27)17-7-3-4-8-18(17)22(25)28/h3-9H,10-14H2,1-2H3. The van der Waals surface area contributed by atoms with Crippen LogP contribution in [0, 0.1) is 13.8 Å². The fourth-order valence-corrected chi connectivity index (χ4v) is 3.89. The van der Waals surface area contributed by atoms with E-state index < -0.39 is 0 Å². The van der Waals surface area contributed by atoms with Crippen molar-refractivity contribution in [1.29, 1.82) is 0 Å². The lowest BCUT2D eigenvalue weighted by Gasteiger charge is -2.37. The van der Waals surface area contributed by atoms with E-state index in [-0.39, 0.29) is 24.3 Å². The van der Waals surface area contributed by atoms with Gasteiger partial charge in [0.05, 0.1) is 11.1 Å². The quantitative estimate of drug-likeness (QED) is 0.770. The highest BCUT2D eigenvalue weighted by molar-refractivity contribution is 6.22. The van der Waals surface area contributed by atoms with Gasteiger partial charge in [0.15, 0.2) is 0 Å². The average Bonchev–Trinajstić information content (AvgIpc) is 2.95. The molecule has 2 heterocycles. The zero-order chi connectivity index (χ0) is 19.8. The molecule has 2 aliphatic heterocycles. The van der Waals surface area contributed by atoms with Crippen LogP contribution in [-0.4, -0.2) is 60.2 Å². The highest BCUT2D eigenvalue weighted by Crippen LogP contribution is 2.25. The van der Waals surface area contributed by atoms with Gasteiger partial charge in [-0.1, -0.05) is 24.3 Å². The van der Waals surface area contributed by atoms with Gasteiger partial charge >= 0.3 is 0 Å². The summed E-state index contributed by atoms with van der Waals surface area (Å²) in [5, 5.41) is 0. The molecule has 0 saturated carbocycles. The second-order valence-electron chi connectivity index (χ2n) is 7.33. The topological polar surface area (TPSA) is 60.9 Å². The monoisotopic (exact) mass is 377 g/mol. The number of piperazine rings is 1. The van der Waals surface area contributed by atoms with Crippen LogP contribution in [0.15, 0.2) is 42.5 Å². The molecule has 144 valence electrons. The molecule has 0 atom stereocenters. The molecule has 6 heteroatoms. The number of benzene rings is 2. The van der Waals surface area contributed by atoms with Gasteiger partial charge in [0.2, 0.25) is 5.91 Å². The minimum Gasteiger partial charge on any atom is -0.368 e. The molecule has 2 aliphatic rings. The molecule has 0 bridgehead atoms. The molecule has 0 aliphatic carbocycles. The van der Waals surface area contributed by atoms with Crippen LogP contribution in [0.25, 0.3) is 0 Å². The van der Waals surface area contributed by atoms with Crippen molar-refractivity contribution in [2.75, 3.05) is 37.6 Å². The van der Waals surface area contributed by atoms with E-state index in [2.05, 4.69) is 36.9 Å². The van der Waals surface area contributed by atoms with Gasteiger partial charge in [0.1, 0.15) is 6.54 Å². The summed E-state index contributed by atoms with van der Waals surface area (Å²) < 4.78 is 0. The minimum absolute atomic E-state index is 0.185. The molecule has 3 amide bonds. The van der Waals surface area contributed by atoms with Crippen LogP contribution in [0.4, 0.5) is 5.69 Å². The zero-order valence-corrected chi connectivity index (χ0v) is 16.1. The maximum atomic E-state index is 12.7. The van der Waals surface area contributed by atoms with Crippen molar-refractivity contribution in [2.45, 2.75) is 13.8 Å². The van der Waals surface area contributed by atoms with Gasteiger partial charge in [0.25, 0.3) is 11.8 Å². The lowest BCUT2D eigenvalue weighted by atomic mass is 10.1. The van der Waals surface area contributed by atoms with E-state index in [4.69, 9.17) is 0 Å². The number of carbonyl (C=O) groups excluding carboxylic acids is 3. The van der Waals surface area contributed by atoms with Crippen LogP contribution in [0.3, 0.4) is 0 Å². The Hall–Kier alpha value is -3.15. The number of anilines is 1. The summed E-state index contributed by atoms with van der Waals surface area (Å²) in [7, 11) is 0. The molecule has 28 heavy (non-hydrogen) atoms. The maximum absolute atomic E-state index is 12.7. The Balaban J connectivity index is 1.39. The first kappa shape index (κ1) is 18.2. The molecule has 4 rings (SSSR count). The third-order valence-electron chi connectivity index (χ3n) is 5.72. The average molecular weight is 377 g/mol. The third kappa shape index (κ3) is 3.05. The van der Waals surface area contributed by atoms with Crippen LogP contribution in [0.2, 0.25) is 0 Å². The summed E-state index contributed by atoms with van der Waals surface area (Å²) >= 11 is 0. The summed E-state index contributed by atoms with van der Waals surface area (Å²) in [5.41, 5.74) is 4.46. The Morgan fingerprint density at radius 1 is 0.857 bits per heavy atom. The number of nitrogens with zero attached hydrogens (tertiary/aromatic N) is 3. The Bertz CT molecular complexity index is 926. The highest BCUT2D eigenvalue weighted by Gasteiger charge is 2.37. The number of hydrogen-bond donors (Lipinski definition) is 0. The van der Waals surface area contributed by atoms with E-state index >= 15 is 0 Å². The van der Waals surface area contributed by atoms with Gasteiger partial charge in [-0.15, -0.1) is 0 Å². The fraction of sp³-hybridized carbons (Fsp3) is 0.318. The van der Waals surface area contributed by atoms with Gasteiger partial charge < -0.3 is 9.80 Å². The van der Waals surface area contributed by atoms with Crippen LogP contribution < -0.4 is 4.90 Å². The van der Waals surface area contributed by atoms with Crippen LogP contribution in [0.5, 0.6) is 0 Å². The molecular weight excluding hydrogens is 354 g/mol. The number of rotatable bonds is 3. The van der Waals surface area contributed by atoms with Crippen molar-refractivity contribution < 1.29 is 14.4 Å². The van der Waals surface area contributed by atoms with Crippen LogP contribution >= 0.6 is 0 Å². The molecule has 0 unspecified atom stereocenters. The molecule has 1 fully saturated rings. The number of imide groups is 1. The summed E-state index contributed by atoms with van der Waals surface area (Å²) in [6, 6.07) is 13.0. The van der Waals surface area contributed by atoms with E-state index in [1.54, 1.807) is 29.2 Å². The first-order valence-electron chi connectivity index (χ1n) is 9.51. The molecule has 0 aromatic heterocycles. The molecule has 0 N–H and O–H groups in total. The van der Waals surface area contributed by atoms with Crippen molar-refractivity contribution in [2.24, 2.45) is 0 Å². The largest absolute Gasteiger partial charge is 0.368 e. The lowest BCUT2D eigenvalue weighted by Crippen LogP contribution is -2.52. The molecular formula is C22H23N3O3. The first-order chi connectivity index (χ1) is 13.5. The summed E-state index contributed by atoms with van der Waals surface area (Å²) in [6.07, 6.45) is 0. The zero-order valence-electron chi connectivity index (χ0n) is 16.1. The van der Waals surface area contributed by atoms with E-state index in [9.17, 15) is 14.4 Å². The maximum Gasteiger partial charge on any atom is 0.262 e. The minimum atomic E-state index is -0.386. The van der Waals surface area contributed by atoms with Crippen molar-refractivity contribution >= 4 is 23.4 Å². The number of carbonyl (C=O) groups is 3. The molecule has 0 radical (unpaired) electrons. The second-order valence-corrected chi connectivity index (χ2v) is 7.33. The van der Waals surface area contributed by atoms with Crippen LogP contribution in [-0.2, 0) is 4.79 Å². The van der Waals surface area contributed by atoms with Crippen molar-refractivity contribution in [1.82, 2.24) is 9.80 Å². The highest BCUT2D eigenvalue weighted by atomic mass is 16.2. The second kappa shape index (κ2) is 7.11. The molecule has 1 saturated heterocycles. The van der Waals surface area contributed by atoms with Gasteiger partial charge in [-0.3, -0.25) is 19.3 Å². The van der Waals surface area contributed by atoms with Gasteiger partial charge in [-0.2, -0.15) is 0 Å². The number of aryl methyl sites for hydroxylation is 1. The molecule has 2 aromatic rings. The predicted molar refractivity (Wildman–Crippen MR) is 107 cm³/mol. The number of amides is 3. The number of hydrogen-bond acceptors (Lipinski definition) is 4. The Kier molecular flexibility index (Phi) is 4.63. The van der Waals surface area contributed by atoms with E-state index in [0.29, 0.717) is 24.2 Å². The first-order valence-corrected chi connectivity index (χ1v) is 9.51. The van der Waals surface area contributed by atoms with E-state index in [1.165, 1.54) is 16.8 Å². The Morgan fingerprint density at radius 3 is 2.07 bits per heavy atom. The Morgan fingerprint density at radius 2 is 1.46 bits per heavy atom. The van der Waals surface area contributed by atoms with Crippen LogP contribution in [0.1, 0.15) is 31.8 Å². The lowest BCUT2D eigenvalue weighted by molar-refractivity contribution is -0.131. The molecule has 6 nitrogen and oxygen atoms in total. The summed E-state index contributed by atoms with van der Waals surface area (Å²) in [6.45, 7) is 6.64. The third-order valence-corrected chi connectivity index (χ3v) is 5.72. The van der Waals surface area contributed by atoms with Gasteiger partial charge in [0, 0.05) is 31.9 Å². The van der Waals surface area contributed by atoms with E-state index in [0.717, 1.165) is 18.0 Å². The summed E-state index contributed by atoms with van der Waals surface area (Å²) in [5.74, 6) is -0.957. The smallest absolute Gasteiger partial charge is 0.262 e. The van der Waals surface area contributed by atoms with Crippen molar-refractivity contribution in [3.05, 3.63) is 64.7 Å².